The highest BCUT2D eigenvalue weighted by Crippen LogP contribution is 2.64. The van der Waals surface area contributed by atoms with Crippen LogP contribution in [0.15, 0.2) is 194 Å². The van der Waals surface area contributed by atoms with Crippen LogP contribution >= 0.6 is 11.3 Å². The summed E-state index contributed by atoms with van der Waals surface area (Å²) < 4.78 is 2.60. The Morgan fingerprint density at radius 3 is 1.78 bits per heavy atom. The lowest BCUT2D eigenvalue weighted by Gasteiger charge is -2.36. The highest BCUT2D eigenvalue weighted by Gasteiger charge is 2.52. The highest BCUT2D eigenvalue weighted by atomic mass is 32.1. The van der Waals surface area contributed by atoms with Gasteiger partial charge in [-0.1, -0.05) is 160 Å². The molecule has 55 heavy (non-hydrogen) atoms. The fourth-order valence-electron chi connectivity index (χ4n) is 9.45. The monoisotopic (exact) mass is 723 g/mol. The largest absolute Gasteiger partial charge is 0.310 e. The van der Waals surface area contributed by atoms with Crippen molar-refractivity contribution in [3.63, 3.8) is 0 Å². The van der Waals surface area contributed by atoms with E-state index in [-0.39, 0.29) is 5.41 Å². The van der Waals surface area contributed by atoms with E-state index in [1.807, 2.05) is 11.3 Å². The van der Waals surface area contributed by atoms with Gasteiger partial charge in [-0.25, -0.2) is 0 Å². The number of benzene rings is 7. The second-order valence-corrected chi connectivity index (χ2v) is 16.4. The lowest BCUT2D eigenvalue weighted by atomic mass is 9.65. The Labute approximate surface area is 327 Å². The highest BCUT2D eigenvalue weighted by molar-refractivity contribution is 7.25. The predicted octanol–water partition coefficient (Wildman–Crippen LogP) is 14.8. The molecule has 0 bridgehead atoms. The molecule has 0 spiro atoms. The molecule has 1 aromatic heterocycles. The summed E-state index contributed by atoms with van der Waals surface area (Å²) in [5, 5.41) is 2.61. The maximum absolute atomic E-state index is 4.84. The summed E-state index contributed by atoms with van der Waals surface area (Å²) in [7, 11) is 0. The minimum Gasteiger partial charge on any atom is -0.310 e. The fourth-order valence-corrected chi connectivity index (χ4v) is 10.6. The zero-order chi connectivity index (χ0) is 37.3. The van der Waals surface area contributed by atoms with Crippen molar-refractivity contribution in [2.75, 3.05) is 4.90 Å². The van der Waals surface area contributed by atoms with Gasteiger partial charge >= 0.3 is 0 Å². The molecule has 0 saturated carbocycles. The molecule has 2 heteroatoms. The number of hydrogen-bond donors (Lipinski definition) is 0. The molecule has 0 unspecified atom stereocenters. The summed E-state index contributed by atoms with van der Waals surface area (Å²) >= 11 is 1.86. The first-order valence-corrected chi connectivity index (χ1v) is 20.0. The number of fused-ring (bicyclic) bond motifs is 3. The van der Waals surface area contributed by atoms with Gasteiger partial charge in [-0.05, 0) is 105 Å². The average molecular weight is 724 g/mol. The number of nitrogens with zero attached hydrogens (tertiary/aromatic N) is 1. The third kappa shape index (κ3) is 4.91. The van der Waals surface area contributed by atoms with Gasteiger partial charge in [0.2, 0.25) is 0 Å². The molecule has 0 atom stereocenters. The lowest BCUT2D eigenvalue weighted by molar-refractivity contribution is 0.652. The Hall–Kier alpha value is -6.22. The van der Waals surface area contributed by atoms with Crippen LogP contribution in [0.25, 0.3) is 42.4 Å². The van der Waals surface area contributed by atoms with E-state index < -0.39 is 5.41 Å². The number of thiophene rings is 1. The summed E-state index contributed by atoms with van der Waals surface area (Å²) in [4.78, 5) is 2.40. The molecule has 0 N–H and O–H groups in total. The molecular formula is C53H41NS. The maximum atomic E-state index is 4.84. The van der Waals surface area contributed by atoms with Gasteiger partial charge in [-0.15, -0.1) is 11.3 Å². The van der Waals surface area contributed by atoms with E-state index in [4.69, 9.17) is 6.58 Å². The molecule has 0 saturated heterocycles. The summed E-state index contributed by atoms with van der Waals surface area (Å²) in [6.07, 6.45) is 8.50. The molecule has 2 aliphatic carbocycles. The lowest BCUT2D eigenvalue weighted by Crippen LogP contribution is -2.30. The van der Waals surface area contributed by atoms with E-state index in [0.717, 1.165) is 22.6 Å². The predicted molar refractivity (Wildman–Crippen MR) is 236 cm³/mol. The van der Waals surface area contributed by atoms with Crippen LogP contribution in [-0.2, 0) is 10.8 Å². The second kappa shape index (κ2) is 12.7. The standard InChI is InChI=1S/C53H41NS/c1-5-6-8-15-35(2)53(46-21-13-19-44-50(46)51-45(52(44,3)4)20-14-22-47(51)53)38-26-30-40(31-27-38)54(39-28-24-37(25-29-39)36-16-9-7-10-17-36)41-32-33-43-42-18-11-12-23-48(42)55-49(43)34-41/h5-34H,2H2,1,3-4H3/b6-5-,15-8-. The Morgan fingerprint density at radius 2 is 1.11 bits per heavy atom. The number of allylic oxidation sites excluding steroid dienone is 5. The van der Waals surface area contributed by atoms with E-state index >= 15 is 0 Å². The van der Waals surface area contributed by atoms with Crippen molar-refractivity contribution in [3.05, 3.63) is 222 Å². The summed E-state index contributed by atoms with van der Waals surface area (Å²) in [5.74, 6) is 0. The molecule has 7 aromatic carbocycles. The molecule has 1 heterocycles. The maximum Gasteiger partial charge on any atom is 0.0708 e. The molecule has 2 aliphatic rings. The molecule has 0 aliphatic heterocycles. The van der Waals surface area contributed by atoms with Gasteiger partial charge < -0.3 is 4.90 Å². The van der Waals surface area contributed by atoms with Gasteiger partial charge in [-0.2, -0.15) is 0 Å². The SMILES string of the molecule is C=C(/C=C\C=C/C)C1(c2ccc(N(c3ccc(-c4ccccc4)cc3)c3ccc4c(c3)sc3ccccc34)cc2)c2cccc3c2-c2c(cccc21)C3(C)C. The average Bonchev–Trinajstić information content (AvgIpc) is 3.83. The van der Waals surface area contributed by atoms with Gasteiger partial charge in [-0.3, -0.25) is 0 Å². The Kier molecular flexibility index (Phi) is 7.69. The van der Waals surface area contributed by atoms with Gasteiger partial charge in [0.25, 0.3) is 0 Å². The van der Waals surface area contributed by atoms with Crippen LogP contribution in [0.1, 0.15) is 48.6 Å². The molecule has 0 radical (unpaired) electrons. The van der Waals surface area contributed by atoms with Crippen molar-refractivity contribution in [2.45, 2.75) is 31.6 Å². The molecule has 0 amide bonds. The fraction of sp³-hybridized carbons (Fsp3) is 0.0943. The van der Waals surface area contributed by atoms with E-state index in [1.54, 1.807) is 0 Å². The smallest absolute Gasteiger partial charge is 0.0708 e. The Bertz CT molecular complexity index is 2790. The minimum absolute atomic E-state index is 0.0547. The van der Waals surface area contributed by atoms with Gasteiger partial charge in [0.1, 0.15) is 0 Å². The first-order valence-electron chi connectivity index (χ1n) is 19.2. The second-order valence-electron chi connectivity index (χ2n) is 15.3. The van der Waals surface area contributed by atoms with Crippen molar-refractivity contribution in [1.82, 2.24) is 0 Å². The third-order valence-electron chi connectivity index (χ3n) is 12.0. The van der Waals surface area contributed by atoms with Crippen LogP contribution < -0.4 is 4.90 Å². The van der Waals surface area contributed by atoms with E-state index in [9.17, 15) is 0 Å². The summed E-state index contributed by atoms with van der Waals surface area (Å²) in [6.45, 7) is 11.6. The van der Waals surface area contributed by atoms with Crippen LogP contribution in [0.5, 0.6) is 0 Å². The summed E-state index contributed by atoms with van der Waals surface area (Å²) in [5.41, 5.74) is 15.7. The molecule has 264 valence electrons. The third-order valence-corrected chi connectivity index (χ3v) is 13.2. The first-order chi connectivity index (χ1) is 26.9. The van der Waals surface area contributed by atoms with Crippen molar-refractivity contribution < 1.29 is 0 Å². The molecule has 0 fully saturated rings. The Morgan fingerprint density at radius 1 is 0.545 bits per heavy atom. The van der Waals surface area contributed by atoms with Crippen LogP contribution in [0.3, 0.4) is 0 Å². The van der Waals surface area contributed by atoms with Gasteiger partial charge in [0, 0.05) is 42.6 Å². The number of anilines is 3. The van der Waals surface area contributed by atoms with Crippen molar-refractivity contribution in [2.24, 2.45) is 0 Å². The van der Waals surface area contributed by atoms with E-state index in [0.29, 0.717) is 0 Å². The van der Waals surface area contributed by atoms with Crippen molar-refractivity contribution >= 4 is 48.6 Å². The zero-order valence-corrected chi connectivity index (χ0v) is 32.2. The van der Waals surface area contributed by atoms with Crippen LogP contribution in [0.2, 0.25) is 0 Å². The van der Waals surface area contributed by atoms with E-state index in [2.05, 4.69) is 208 Å². The van der Waals surface area contributed by atoms with Crippen molar-refractivity contribution in [1.29, 1.82) is 0 Å². The van der Waals surface area contributed by atoms with E-state index in [1.165, 1.54) is 70.2 Å². The van der Waals surface area contributed by atoms with Gasteiger partial charge in [0.05, 0.1) is 5.41 Å². The normalized spacial score (nSPS) is 14.7. The zero-order valence-electron chi connectivity index (χ0n) is 31.4. The Balaban J connectivity index is 1.15. The first kappa shape index (κ1) is 33.4. The quantitative estimate of drug-likeness (QED) is 0.141. The summed E-state index contributed by atoms with van der Waals surface area (Å²) in [6, 6.07) is 58.4. The molecule has 10 rings (SSSR count). The molecule has 1 nitrogen and oxygen atoms in total. The topological polar surface area (TPSA) is 3.24 Å². The van der Waals surface area contributed by atoms with Crippen LogP contribution in [-0.4, -0.2) is 0 Å². The van der Waals surface area contributed by atoms with Crippen LogP contribution in [0, 0.1) is 0 Å². The number of hydrogen-bond acceptors (Lipinski definition) is 2. The minimum atomic E-state index is -0.526. The molecular weight excluding hydrogens is 683 g/mol. The van der Waals surface area contributed by atoms with Crippen molar-refractivity contribution in [3.8, 4) is 22.3 Å². The molecule has 8 aromatic rings. The number of rotatable bonds is 8. The van der Waals surface area contributed by atoms with Crippen LogP contribution in [0.4, 0.5) is 17.1 Å². The van der Waals surface area contributed by atoms with Gasteiger partial charge in [0.15, 0.2) is 0 Å².